The lowest BCUT2D eigenvalue weighted by atomic mass is 9.93. The summed E-state index contributed by atoms with van der Waals surface area (Å²) in [4.78, 5) is 2.42. The van der Waals surface area contributed by atoms with Crippen molar-refractivity contribution in [2.45, 2.75) is 45.3 Å². The summed E-state index contributed by atoms with van der Waals surface area (Å²) in [6.45, 7) is 6.80. The summed E-state index contributed by atoms with van der Waals surface area (Å²) in [5, 5.41) is 15.2. The highest BCUT2D eigenvalue weighted by atomic mass is 16.3. The molecule has 28 heavy (non-hydrogen) atoms. The summed E-state index contributed by atoms with van der Waals surface area (Å²) in [5.74, 6) is 0. The molecule has 1 aliphatic heterocycles. The molecule has 0 aliphatic carbocycles. The van der Waals surface area contributed by atoms with E-state index in [1.54, 1.807) is 0 Å². The van der Waals surface area contributed by atoms with E-state index in [0.29, 0.717) is 0 Å². The third-order valence-corrected chi connectivity index (χ3v) is 5.77. The van der Waals surface area contributed by atoms with Crippen LogP contribution in [0.3, 0.4) is 0 Å². The van der Waals surface area contributed by atoms with Gasteiger partial charge >= 0.3 is 0 Å². The van der Waals surface area contributed by atoms with Crippen LogP contribution in [0.1, 0.15) is 37.8 Å². The van der Waals surface area contributed by atoms with Crippen LogP contribution >= 0.6 is 0 Å². The average Bonchev–Trinajstić information content (AvgIpc) is 3.14. The second-order valence-electron chi connectivity index (χ2n) is 8.11. The molecule has 146 valence electrons. The lowest BCUT2D eigenvalue weighted by Gasteiger charge is -2.35. The van der Waals surface area contributed by atoms with Gasteiger partial charge in [-0.25, -0.2) is 4.68 Å². The maximum atomic E-state index is 10.2. The van der Waals surface area contributed by atoms with Gasteiger partial charge in [0.2, 0.25) is 0 Å². The summed E-state index contributed by atoms with van der Waals surface area (Å²) >= 11 is 0. The first-order valence-corrected chi connectivity index (χ1v) is 10.2. The zero-order valence-corrected chi connectivity index (χ0v) is 16.8. The third kappa shape index (κ3) is 4.18. The van der Waals surface area contributed by atoms with Crippen LogP contribution in [0.2, 0.25) is 0 Å². The van der Waals surface area contributed by atoms with Gasteiger partial charge in [0.25, 0.3) is 0 Å². The smallest absolute Gasteiger partial charge is 0.0972 e. The van der Waals surface area contributed by atoms with Crippen molar-refractivity contribution in [1.29, 1.82) is 0 Å². The van der Waals surface area contributed by atoms with Crippen LogP contribution in [-0.4, -0.2) is 38.5 Å². The van der Waals surface area contributed by atoms with Gasteiger partial charge in [-0.15, -0.1) is 0 Å². The molecule has 0 saturated carbocycles. The molecular formula is C24H29N3O. The number of aromatic nitrogens is 2. The number of likely N-dealkylation sites (tertiary alicyclic amines) is 1. The Bertz CT molecular complexity index is 903. The van der Waals surface area contributed by atoms with Crippen molar-refractivity contribution in [3.63, 3.8) is 0 Å². The molecule has 1 aliphatic rings. The Morgan fingerprint density at radius 2 is 1.68 bits per heavy atom. The Balaban J connectivity index is 1.65. The molecule has 0 spiro atoms. The van der Waals surface area contributed by atoms with Crippen molar-refractivity contribution < 1.29 is 5.11 Å². The Labute approximate surface area is 167 Å². The van der Waals surface area contributed by atoms with E-state index in [4.69, 9.17) is 5.10 Å². The normalized spacial score (nSPS) is 17.0. The van der Waals surface area contributed by atoms with E-state index in [2.05, 4.69) is 54.4 Å². The van der Waals surface area contributed by atoms with Gasteiger partial charge in [0.15, 0.2) is 0 Å². The van der Waals surface area contributed by atoms with Crippen molar-refractivity contribution in [2.75, 3.05) is 13.1 Å². The molecule has 2 heterocycles. The van der Waals surface area contributed by atoms with Crippen LogP contribution in [0.25, 0.3) is 16.9 Å². The van der Waals surface area contributed by atoms with Gasteiger partial charge in [0.1, 0.15) is 0 Å². The maximum absolute atomic E-state index is 10.2. The van der Waals surface area contributed by atoms with Crippen LogP contribution in [0.4, 0.5) is 0 Å². The van der Waals surface area contributed by atoms with Crippen molar-refractivity contribution in [2.24, 2.45) is 0 Å². The maximum Gasteiger partial charge on any atom is 0.0972 e. The lowest BCUT2D eigenvalue weighted by molar-refractivity contribution is -0.00726. The molecule has 1 fully saturated rings. The largest absolute Gasteiger partial charge is 0.390 e. The number of piperidine rings is 1. The number of benzene rings is 2. The SMILES string of the molecule is CCc1ccc(-c2nn(-c3ccccc3)cc2CN2CCC(C)(O)CC2)cc1. The quantitative estimate of drug-likeness (QED) is 0.716. The van der Waals surface area contributed by atoms with Gasteiger partial charge in [-0.2, -0.15) is 5.10 Å². The first-order chi connectivity index (χ1) is 13.5. The monoisotopic (exact) mass is 375 g/mol. The fraction of sp³-hybridized carbons (Fsp3) is 0.375. The molecule has 0 amide bonds. The molecule has 0 atom stereocenters. The second kappa shape index (κ2) is 7.90. The average molecular weight is 376 g/mol. The summed E-state index contributed by atoms with van der Waals surface area (Å²) < 4.78 is 1.98. The van der Waals surface area contributed by atoms with Crippen LogP contribution < -0.4 is 0 Å². The highest BCUT2D eigenvalue weighted by Crippen LogP contribution is 2.28. The molecule has 1 aromatic heterocycles. The Kier molecular flexibility index (Phi) is 5.33. The van der Waals surface area contributed by atoms with E-state index in [1.165, 1.54) is 11.1 Å². The van der Waals surface area contributed by atoms with Crippen molar-refractivity contribution >= 4 is 0 Å². The fourth-order valence-electron chi connectivity index (χ4n) is 3.81. The van der Waals surface area contributed by atoms with Gasteiger partial charge in [0.05, 0.1) is 17.0 Å². The van der Waals surface area contributed by atoms with E-state index in [1.807, 2.05) is 29.8 Å². The predicted molar refractivity (Wildman–Crippen MR) is 114 cm³/mol. The lowest BCUT2D eigenvalue weighted by Crippen LogP contribution is -2.41. The Morgan fingerprint density at radius 3 is 2.32 bits per heavy atom. The van der Waals surface area contributed by atoms with Crippen LogP contribution in [0, 0.1) is 0 Å². The predicted octanol–water partition coefficient (Wildman–Crippen LogP) is 4.45. The topological polar surface area (TPSA) is 41.3 Å². The van der Waals surface area contributed by atoms with Crippen molar-refractivity contribution in [3.05, 3.63) is 71.9 Å². The van der Waals surface area contributed by atoms with E-state index in [0.717, 1.165) is 55.8 Å². The first-order valence-electron chi connectivity index (χ1n) is 10.2. The van der Waals surface area contributed by atoms with Gasteiger partial charge in [-0.1, -0.05) is 49.4 Å². The molecule has 4 heteroatoms. The van der Waals surface area contributed by atoms with Crippen molar-refractivity contribution in [1.82, 2.24) is 14.7 Å². The standard InChI is InChI=1S/C24H29N3O/c1-3-19-9-11-20(12-10-19)23-21(17-26-15-13-24(2,28)14-16-26)18-27(25-23)22-7-5-4-6-8-22/h4-12,18,28H,3,13-17H2,1-2H3. The van der Waals surface area contributed by atoms with Gasteiger partial charge in [0, 0.05) is 37.0 Å². The molecule has 0 bridgehead atoms. The minimum Gasteiger partial charge on any atom is -0.390 e. The Morgan fingerprint density at radius 1 is 1.00 bits per heavy atom. The minimum absolute atomic E-state index is 0.524. The van der Waals surface area contributed by atoms with E-state index in [9.17, 15) is 5.11 Å². The van der Waals surface area contributed by atoms with Crippen LogP contribution in [0.5, 0.6) is 0 Å². The van der Waals surface area contributed by atoms with Gasteiger partial charge in [-0.3, -0.25) is 4.90 Å². The van der Waals surface area contributed by atoms with E-state index in [-0.39, 0.29) is 0 Å². The minimum atomic E-state index is -0.524. The number of aryl methyl sites for hydroxylation is 1. The summed E-state index contributed by atoms with van der Waals surface area (Å²) in [6, 6.07) is 19.0. The summed E-state index contributed by atoms with van der Waals surface area (Å²) in [7, 11) is 0. The molecule has 1 saturated heterocycles. The third-order valence-electron chi connectivity index (χ3n) is 5.77. The number of nitrogens with zero attached hydrogens (tertiary/aromatic N) is 3. The molecule has 4 nitrogen and oxygen atoms in total. The molecule has 0 unspecified atom stereocenters. The van der Waals surface area contributed by atoms with Gasteiger partial charge < -0.3 is 5.11 Å². The number of hydrogen-bond donors (Lipinski definition) is 1. The second-order valence-corrected chi connectivity index (χ2v) is 8.11. The molecule has 4 rings (SSSR count). The van der Waals surface area contributed by atoms with Crippen molar-refractivity contribution in [3.8, 4) is 16.9 Å². The van der Waals surface area contributed by atoms with Crippen LogP contribution in [-0.2, 0) is 13.0 Å². The number of para-hydroxylation sites is 1. The number of hydrogen-bond acceptors (Lipinski definition) is 3. The number of aliphatic hydroxyl groups is 1. The van der Waals surface area contributed by atoms with E-state index < -0.39 is 5.60 Å². The molecule has 0 radical (unpaired) electrons. The highest BCUT2D eigenvalue weighted by molar-refractivity contribution is 5.63. The summed E-state index contributed by atoms with van der Waals surface area (Å²) in [5.41, 5.74) is 5.32. The van der Waals surface area contributed by atoms with Gasteiger partial charge in [-0.05, 0) is 43.9 Å². The zero-order valence-electron chi connectivity index (χ0n) is 16.8. The van der Waals surface area contributed by atoms with Crippen LogP contribution in [0.15, 0.2) is 60.8 Å². The first kappa shape index (κ1) is 18.9. The molecular weight excluding hydrogens is 346 g/mol. The molecule has 1 N–H and O–H groups in total. The zero-order chi connectivity index (χ0) is 19.6. The molecule has 3 aromatic rings. The summed E-state index contributed by atoms with van der Waals surface area (Å²) in [6.07, 6.45) is 4.84. The van der Waals surface area contributed by atoms with E-state index >= 15 is 0 Å². The Hall–Kier alpha value is -2.43. The fourth-order valence-corrected chi connectivity index (χ4v) is 3.81. The molecule has 2 aromatic carbocycles. The highest BCUT2D eigenvalue weighted by Gasteiger charge is 2.28. The number of rotatable bonds is 5.